The second-order valence-electron chi connectivity index (χ2n) is 2.45. The average Bonchev–Trinajstić information content (AvgIpc) is 1.82. The largest absolute Gasteiger partial charge is 0.350 e. The zero-order valence-corrected chi connectivity index (χ0v) is 7.01. The number of hydrogen-bond acceptors (Lipinski definition) is 2. The van der Waals surface area contributed by atoms with Crippen LogP contribution in [-0.4, -0.2) is 11.7 Å². The Hall–Kier alpha value is -1.32. The summed E-state index contributed by atoms with van der Waals surface area (Å²) in [6.45, 7) is 5.68. The number of primary amides is 1. The molecular weight excluding hydrogens is 142 g/mol. The van der Waals surface area contributed by atoms with Crippen LogP contribution in [0.1, 0.15) is 20.8 Å². The maximum atomic E-state index is 10.2. The fourth-order valence-corrected chi connectivity index (χ4v) is 0.593. The third-order valence-corrected chi connectivity index (χ3v) is 0.840. The number of rotatable bonds is 2. The highest BCUT2D eigenvalue weighted by molar-refractivity contribution is 5.93. The summed E-state index contributed by atoms with van der Waals surface area (Å²) in [6.07, 6.45) is 1.84. The highest BCUT2D eigenvalue weighted by Crippen LogP contribution is 1.89. The van der Waals surface area contributed by atoms with Gasteiger partial charge in [0.2, 0.25) is 0 Å². The molecular formula is C7H13N3O. The number of nitrogens with one attached hydrogen (secondary N) is 1. The van der Waals surface area contributed by atoms with Gasteiger partial charge in [-0.15, -0.1) is 0 Å². The van der Waals surface area contributed by atoms with E-state index in [0.717, 1.165) is 11.3 Å². The smallest absolute Gasteiger partial charge is 0.332 e. The van der Waals surface area contributed by atoms with Crippen molar-refractivity contribution in [1.82, 2.24) is 5.43 Å². The third kappa shape index (κ3) is 6.57. The van der Waals surface area contributed by atoms with Crippen LogP contribution in [0.4, 0.5) is 4.79 Å². The second-order valence-corrected chi connectivity index (χ2v) is 2.45. The van der Waals surface area contributed by atoms with Gasteiger partial charge < -0.3 is 5.73 Å². The maximum Gasteiger partial charge on any atom is 0.332 e. The molecule has 0 heterocycles. The Morgan fingerprint density at radius 3 is 2.36 bits per heavy atom. The van der Waals surface area contributed by atoms with E-state index in [4.69, 9.17) is 5.73 Å². The van der Waals surface area contributed by atoms with E-state index >= 15 is 0 Å². The Morgan fingerprint density at radius 2 is 2.00 bits per heavy atom. The maximum absolute atomic E-state index is 10.2. The first-order valence-electron chi connectivity index (χ1n) is 3.27. The molecule has 0 spiro atoms. The standard InChI is InChI=1S/C7H13N3O/c1-5(2)4-6(3)9-10-7(8)11/h4H,1-3H3,(H3,8,10,11)/b9-6-. The van der Waals surface area contributed by atoms with Gasteiger partial charge >= 0.3 is 6.03 Å². The molecule has 0 atom stereocenters. The molecule has 2 amide bonds. The molecule has 0 aliphatic heterocycles. The predicted octanol–water partition coefficient (Wildman–Crippen LogP) is 0.997. The molecule has 0 aromatic rings. The van der Waals surface area contributed by atoms with Crippen molar-refractivity contribution in [2.75, 3.05) is 0 Å². The Labute approximate surface area is 66.2 Å². The third-order valence-electron chi connectivity index (χ3n) is 0.840. The van der Waals surface area contributed by atoms with Crippen LogP contribution in [0.15, 0.2) is 16.8 Å². The molecule has 0 bridgehead atoms. The summed E-state index contributed by atoms with van der Waals surface area (Å²) in [5.41, 5.74) is 8.78. The Morgan fingerprint density at radius 1 is 1.45 bits per heavy atom. The molecule has 0 aliphatic carbocycles. The van der Waals surface area contributed by atoms with Crippen molar-refractivity contribution >= 4 is 11.7 Å². The van der Waals surface area contributed by atoms with E-state index in [0.29, 0.717) is 0 Å². The van der Waals surface area contributed by atoms with E-state index in [-0.39, 0.29) is 0 Å². The number of carbonyl (C=O) groups is 1. The van der Waals surface area contributed by atoms with Crippen LogP contribution in [0, 0.1) is 0 Å². The molecule has 0 saturated carbocycles. The van der Waals surface area contributed by atoms with Gasteiger partial charge in [-0.1, -0.05) is 5.57 Å². The van der Waals surface area contributed by atoms with Crippen molar-refractivity contribution in [3.8, 4) is 0 Å². The number of amides is 2. The van der Waals surface area contributed by atoms with Crippen LogP contribution >= 0.6 is 0 Å². The number of hydrogen-bond donors (Lipinski definition) is 2. The monoisotopic (exact) mass is 155 g/mol. The van der Waals surface area contributed by atoms with Gasteiger partial charge in [0.15, 0.2) is 0 Å². The lowest BCUT2D eigenvalue weighted by atomic mass is 10.3. The SMILES string of the molecule is CC(C)=C/C(C)=N\NC(N)=O. The minimum atomic E-state index is -0.647. The normalized spacial score (nSPS) is 10.6. The molecule has 0 unspecified atom stereocenters. The lowest BCUT2D eigenvalue weighted by Crippen LogP contribution is -2.25. The van der Waals surface area contributed by atoms with Crippen molar-refractivity contribution in [2.24, 2.45) is 10.8 Å². The van der Waals surface area contributed by atoms with Crippen LogP contribution in [0.5, 0.6) is 0 Å². The van der Waals surface area contributed by atoms with E-state index in [1.165, 1.54) is 0 Å². The molecule has 0 aromatic carbocycles. The van der Waals surface area contributed by atoms with Crippen LogP contribution in [0.25, 0.3) is 0 Å². The Kier molecular flexibility index (Phi) is 3.95. The summed E-state index contributed by atoms with van der Waals surface area (Å²) in [5, 5.41) is 3.68. The van der Waals surface area contributed by atoms with Crippen LogP contribution in [0.3, 0.4) is 0 Å². The molecule has 62 valence electrons. The lowest BCUT2D eigenvalue weighted by Gasteiger charge is -1.94. The van der Waals surface area contributed by atoms with Crippen molar-refractivity contribution in [3.05, 3.63) is 11.6 Å². The van der Waals surface area contributed by atoms with E-state index in [1.807, 2.05) is 19.9 Å². The first-order valence-corrected chi connectivity index (χ1v) is 3.27. The Balaban J connectivity index is 4.02. The highest BCUT2D eigenvalue weighted by atomic mass is 16.2. The molecule has 4 nitrogen and oxygen atoms in total. The number of carbonyl (C=O) groups excluding carboxylic acids is 1. The molecule has 0 aliphatic rings. The fraction of sp³-hybridized carbons (Fsp3) is 0.429. The van der Waals surface area contributed by atoms with Gasteiger partial charge in [0.25, 0.3) is 0 Å². The summed E-state index contributed by atoms with van der Waals surface area (Å²) in [7, 11) is 0. The number of nitrogens with zero attached hydrogens (tertiary/aromatic N) is 1. The Bertz CT molecular complexity index is 202. The van der Waals surface area contributed by atoms with Crippen LogP contribution in [-0.2, 0) is 0 Å². The second kappa shape index (κ2) is 4.49. The van der Waals surface area contributed by atoms with E-state index < -0.39 is 6.03 Å². The number of allylic oxidation sites excluding steroid dienone is 2. The van der Waals surface area contributed by atoms with E-state index in [1.54, 1.807) is 6.92 Å². The van der Waals surface area contributed by atoms with Gasteiger partial charge in [0, 0.05) is 0 Å². The molecule has 3 N–H and O–H groups in total. The van der Waals surface area contributed by atoms with Crippen molar-refractivity contribution < 1.29 is 4.79 Å². The summed E-state index contributed by atoms with van der Waals surface area (Å²) in [6, 6.07) is -0.647. The first-order chi connectivity index (χ1) is 5.02. The highest BCUT2D eigenvalue weighted by Gasteiger charge is 1.87. The lowest BCUT2D eigenvalue weighted by molar-refractivity contribution is 0.249. The van der Waals surface area contributed by atoms with Crippen molar-refractivity contribution in [3.63, 3.8) is 0 Å². The minimum absolute atomic E-state index is 0.647. The van der Waals surface area contributed by atoms with E-state index in [2.05, 4.69) is 10.5 Å². The predicted molar refractivity (Wildman–Crippen MR) is 45.3 cm³/mol. The van der Waals surface area contributed by atoms with Crippen LogP contribution < -0.4 is 11.2 Å². The van der Waals surface area contributed by atoms with E-state index in [9.17, 15) is 4.79 Å². The van der Waals surface area contributed by atoms with Gasteiger partial charge in [-0.25, -0.2) is 10.2 Å². The number of nitrogens with two attached hydrogens (primary N) is 1. The summed E-state index contributed by atoms with van der Waals surface area (Å²) in [5.74, 6) is 0. The van der Waals surface area contributed by atoms with Gasteiger partial charge in [0.1, 0.15) is 0 Å². The van der Waals surface area contributed by atoms with Gasteiger partial charge in [0.05, 0.1) is 5.71 Å². The molecule has 0 aromatic heterocycles. The fourth-order valence-electron chi connectivity index (χ4n) is 0.593. The van der Waals surface area contributed by atoms with Crippen molar-refractivity contribution in [2.45, 2.75) is 20.8 Å². The van der Waals surface area contributed by atoms with Gasteiger partial charge in [-0.05, 0) is 26.8 Å². The minimum Gasteiger partial charge on any atom is -0.350 e. The molecule has 4 heteroatoms. The summed E-state index contributed by atoms with van der Waals surface area (Å²) >= 11 is 0. The quantitative estimate of drug-likeness (QED) is 0.453. The average molecular weight is 155 g/mol. The number of hydrazone groups is 1. The summed E-state index contributed by atoms with van der Waals surface area (Å²) < 4.78 is 0. The molecule has 0 radical (unpaired) electrons. The molecule has 0 rings (SSSR count). The summed E-state index contributed by atoms with van der Waals surface area (Å²) in [4.78, 5) is 10.2. The van der Waals surface area contributed by atoms with Crippen LogP contribution in [0.2, 0.25) is 0 Å². The zero-order valence-electron chi connectivity index (χ0n) is 7.01. The molecule has 0 fully saturated rings. The van der Waals surface area contributed by atoms with Gasteiger partial charge in [-0.2, -0.15) is 5.10 Å². The molecule has 0 saturated heterocycles. The molecule has 11 heavy (non-hydrogen) atoms. The van der Waals surface area contributed by atoms with Gasteiger partial charge in [-0.3, -0.25) is 0 Å². The topological polar surface area (TPSA) is 67.5 Å². The first kappa shape index (κ1) is 9.68. The number of urea groups is 1. The zero-order chi connectivity index (χ0) is 8.85. The van der Waals surface area contributed by atoms with Crippen molar-refractivity contribution in [1.29, 1.82) is 0 Å².